The lowest BCUT2D eigenvalue weighted by Crippen LogP contribution is -2.30. The summed E-state index contributed by atoms with van der Waals surface area (Å²) in [5.74, 6) is -0.905. The van der Waals surface area contributed by atoms with Gasteiger partial charge < -0.3 is 5.73 Å². The van der Waals surface area contributed by atoms with Crippen molar-refractivity contribution in [3.05, 3.63) is 54.4 Å². The molecule has 0 radical (unpaired) electrons. The van der Waals surface area contributed by atoms with Gasteiger partial charge in [-0.05, 0) is 11.6 Å². The summed E-state index contributed by atoms with van der Waals surface area (Å²) < 4.78 is 0. The predicted octanol–water partition coefficient (Wildman–Crippen LogP) is 1.71. The fraction of sp³-hybridized carbons (Fsp3) is 0.133. The Kier molecular flexibility index (Phi) is 2.95. The highest BCUT2D eigenvalue weighted by atomic mass is 16.2. The van der Waals surface area contributed by atoms with Crippen molar-refractivity contribution in [3.63, 3.8) is 0 Å². The number of hydrogen-bond donors (Lipinski definition) is 1. The van der Waals surface area contributed by atoms with E-state index in [-0.39, 0.29) is 18.2 Å². The highest BCUT2D eigenvalue weighted by molar-refractivity contribution is 6.23. The minimum atomic E-state index is -0.434. The second-order valence-electron chi connectivity index (χ2n) is 4.67. The van der Waals surface area contributed by atoms with Gasteiger partial charge in [0.25, 0.3) is 0 Å². The zero-order valence-electron chi connectivity index (χ0n) is 10.7. The minimum Gasteiger partial charge on any atom is -0.396 e. The molecule has 1 atom stereocenters. The molecule has 2 N–H and O–H groups in total. The molecule has 5 heteroatoms. The molecule has 5 nitrogen and oxygen atoms in total. The van der Waals surface area contributed by atoms with Gasteiger partial charge in [0.05, 0.1) is 23.5 Å². The van der Waals surface area contributed by atoms with Crippen molar-refractivity contribution in [3.8, 4) is 0 Å². The fourth-order valence-electron chi connectivity index (χ4n) is 2.43. The first kappa shape index (κ1) is 12.3. The van der Waals surface area contributed by atoms with E-state index in [0.29, 0.717) is 11.4 Å². The van der Waals surface area contributed by atoms with Gasteiger partial charge in [0.15, 0.2) is 0 Å². The average molecular weight is 267 g/mol. The number of rotatable bonds is 2. The topological polar surface area (TPSA) is 76.3 Å². The molecule has 0 saturated carbocycles. The first-order chi connectivity index (χ1) is 9.68. The molecule has 1 aliphatic rings. The van der Waals surface area contributed by atoms with Gasteiger partial charge in [-0.1, -0.05) is 30.3 Å². The summed E-state index contributed by atoms with van der Waals surface area (Å²) in [5.41, 5.74) is 7.38. The minimum absolute atomic E-state index is 0.171. The van der Waals surface area contributed by atoms with Crippen LogP contribution in [0.25, 0.3) is 0 Å². The number of aromatic nitrogens is 1. The SMILES string of the molecule is Nc1cnccc1N1C(=O)CC(c2ccccc2)C1=O. The van der Waals surface area contributed by atoms with Gasteiger partial charge in [0, 0.05) is 12.6 Å². The Bertz CT molecular complexity index is 670. The zero-order valence-corrected chi connectivity index (χ0v) is 10.7. The Hall–Kier alpha value is -2.69. The Morgan fingerprint density at radius 2 is 1.90 bits per heavy atom. The molecule has 0 bridgehead atoms. The summed E-state index contributed by atoms with van der Waals surface area (Å²) in [7, 11) is 0. The molecular weight excluding hydrogens is 254 g/mol. The van der Waals surface area contributed by atoms with Crippen LogP contribution < -0.4 is 10.6 Å². The standard InChI is InChI=1S/C15H13N3O2/c16-12-9-17-7-6-13(12)18-14(19)8-11(15(18)20)10-4-2-1-3-5-10/h1-7,9,11H,8,16H2. The third-order valence-corrected chi connectivity index (χ3v) is 3.42. The van der Waals surface area contributed by atoms with Crippen LogP contribution in [-0.2, 0) is 9.59 Å². The normalized spacial score (nSPS) is 18.6. The third kappa shape index (κ3) is 1.93. The number of nitrogen functional groups attached to an aromatic ring is 1. The molecule has 1 aliphatic heterocycles. The number of nitrogens with zero attached hydrogens (tertiary/aromatic N) is 2. The number of anilines is 2. The molecule has 2 heterocycles. The lowest BCUT2D eigenvalue weighted by atomic mass is 9.98. The first-order valence-corrected chi connectivity index (χ1v) is 6.29. The van der Waals surface area contributed by atoms with E-state index in [0.717, 1.165) is 10.5 Å². The van der Waals surface area contributed by atoms with E-state index in [1.165, 1.54) is 12.4 Å². The summed E-state index contributed by atoms with van der Waals surface area (Å²) in [6.07, 6.45) is 3.12. The van der Waals surface area contributed by atoms with E-state index in [2.05, 4.69) is 4.98 Å². The molecule has 0 aliphatic carbocycles. The molecule has 100 valence electrons. The van der Waals surface area contributed by atoms with Gasteiger partial charge in [-0.25, -0.2) is 4.90 Å². The van der Waals surface area contributed by atoms with E-state index in [1.807, 2.05) is 30.3 Å². The van der Waals surface area contributed by atoms with Crippen molar-refractivity contribution in [2.45, 2.75) is 12.3 Å². The monoisotopic (exact) mass is 267 g/mol. The molecule has 3 rings (SSSR count). The molecule has 0 spiro atoms. The Labute approximate surface area is 116 Å². The second kappa shape index (κ2) is 4.77. The van der Waals surface area contributed by atoms with Crippen molar-refractivity contribution in [1.29, 1.82) is 0 Å². The number of pyridine rings is 1. The van der Waals surface area contributed by atoms with Gasteiger partial charge in [0.2, 0.25) is 11.8 Å². The van der Waals surface area contributed by atoms with E-state index in [1.54, 1.807) is 6.07 Å². The van der Waals surface area contributed by atoms with Crippen molar-refractivity contribution in [1.82, 2.24) is 4.98 Å². The van der Waals surface area contributed by atoms with Gasteiger partial charge in [-0.2, -0.15) is 0 Å². The van der Waals surface area contributed by atoms with Crippen molar-refractivity contribution in [2.24, 2.45) is 0 Å². The number of benzene rings is 1. The third-order valence-electron chi connectivity index (χ3n) is 3.42. The number of amides is 2. The van der Waals surface area contributed by atoms with Crippen LogP contribution in [0.1, 0.15) is 17.9 Å². The summed E-state index contributed by atoms with van der Waals surface area (Å²) >= 11 is 0. The van der Waals surface area contributed by atoms with Crippen molar-refractivity contribution < 1.29 is 9.59 Å². The molecule has 20 heavy (non-hydrogen) atoms. The number of nitrogens with two attached hydrogens (primary N) is 1. The molecule has 1 saturated heterocycles. The van der Waals surface area contributed by atoms with Crippen molar-refractivity contribution >= 4 is 23.2 Å². The van der Waals surface area contributed by atoms with Crippen LogP contribution in [0, 0.1) is 0 Å². The van der Waals surface area contributed by atoms with E-state index in [4.69, 9.17) is 5.73 Å². The first-order valence-electron chi connectivity index (χ1n) is 6.29. The van der Waals surface area contributed by atoms with Crippen LogP contribution in [0.15, 0.2) is 48.8 Å². The Morgan fingerprint density at radius 1 is 1.15 bits per heavy atom. The Morgan fingerprint density at radius 3 is 2.60 bits per heavy atom. The number of carbonyl (C=O) groups is 2. The number of imide groups is 1. The van der Waals surface area contributed by atoms with E-state index < -0.39 is 5.92 Å². The smallest absolute Gasteiger partial charge is 0.241 e. The highest BCUT2D eigenvalue weighted by Gasteiger charge is 2.40. The Balaban J connectivity index is 1.98. The van der Waals surface area contributed by atoms with Gasteiger partial charge >= 0.3 is 0 Å². The second-order valence-corrected chi connectivity index (χ2v) is 4.67. The zero-order chi connectivity index (χ0) is 14.1. The summed E-state index contributed by atoms with van der Waals surface area (Å²) in [6, 6.07) is 10.9. The van der Waals surface area contributed by atoms with Gasteiger partial charge in [-0.15, -0.1) is 0 Å². The maximum absolute atomic E-state index is 12.5. The van der Waals surface area contributed by atoms with Crippen LogP contribution in [0.3, 0.4) is 0 Å². The highest BCUT2D eigenvalue weighted by Crippen LogP contribution is 2.34. The maximum Gasteiger partial charge on any atom is 0.241 e. The fourth-order valence-corrected chi connectivity index (χ4v) is 2.43. The lowest BCUT2D eigenvalue weighted by Gasteiger charge is -2.16. The summed E-state index contributed by atoms with van der Waals surface area (Å²) in [6.45, 7) is 0. The van der Waals surface area contributed by atoms with E-state index in [9.17, 15) is 9.59 Å². The molecule has 1 aromatic heterocycles. The molecular formula is C15H13N3O2. The number of carbonyl (C=O) groups excluding carboxylic acids is 2. The van der Waals surface area contributed by atoms with Crippen LogP contribution >= 0.6 is 0 Å². The summed E-state index contributed by atoms with van der Waals surface area (Å²) in [5, 5.41) is 0. The van der Waals surface area contributed by atoms with Crippen LogP contribution in [0.5, 0.6) is 0 Å². The van der Waals surface area contributed by atoms with Crippen LogP contribution in [0.4, 0.5) is 11.4 Å². The average Bonchev–Trinajstić information content (AvgIpc) is 2.76. The molecule has 2 aromatic rings. The van der Waals surface area contributed by atoms with Crippen molar-refractivity contribution in [2.75, 3.05) is 10.6 Å². The van der Waals surface area contributed by atoms with Gasteiger partial charge in [-0.3, -0.25) is 14.6 Å². The van der Waals surface area contributed by atoms with Crippen LogP contribution in [0.2, 0.25) is 0 Å². The molecule has 1 fully saturated rings. The maximum atomic E-state index is 12.5. The van der Waals surface area contributed by atoms with Gasteiger partial charge in [0.1, 0.15) is 0 Å². The lowest BCUT2D eigenvalue weighted by molar-refractivity contribution is -0.121. The molecule has 2 amide bonds. The van der Waals surface area contributed by atoms with Crippen LogP contribution in [-0.4, -0.2) is 16.8 Å². The number of hydrogen-bond acceptors (Lipinski definition) is 4. The predicted molar refractivity (Wildman–Crippen MR) is 74.9 cm³/mol. The van der Waals surface area contributed by atoms with E-state index >= 15 is 0 Å². The molecule has 1 aromatic carbocycles. The largest absolute Gasteiger partial charge is 0.396 e. The molecule has 1 unspecified atom stereocenters. The summed E-state index contributed by atoms with van der Waals surface area (Å²) in [4.78, 5) is 29.7. The quantitative estimate of drug-likeness (QED) is 0.840.